The lowest BCUT2D eigenvalue weighted by Gasteiger charge is -2.36. The van der Waals surface area contributed by atoms with Gasteiger partial charge in [0.2, 0.25) is 0 Å². The molecule has 3 rings (SSSR count). The molecular weight excluding hydrogens is 315 g/mol. The van der Waals surface area contributed by atoms with Crippen molar-refractivity contribution < 1.29 is 0 Å². The maximum atomic E-state index is 6.12. The normalized spacial score (nSPS) is 16.0. The summed E-state index contributed by atoms with van der Waals surface area (Å²) in [6.07, 6.45) is 0. The van der Waals surface area contributed by atoms with Gasteiger partial charge in [0.05, 0.1) is 10.0 Å². The lowest BCUT2D eigenvalue weighted by Crippen LogP contribution is -2.46. The number of piperazine rings is 1. The van der Waals surface area contributed by atoms with Gasteiger partial charge in [0, 0.05) is 38.4 Å². The third kappa shape index (κ3) is 3.57. The van der Waals surface area contributed by atoms with E-state index in [-0.39, 0.29) is 0 Å². The van der Waals surface area contributed by atoms with Gasteiger partial charge in [-0.15, -0.1) is 0 Å². The standard InChI is InChI=1S/C18H20Cl2N2/c1-14-4-2-3-5-15(14)13-21-8-10-22(11-9-21)16-6-7-17(19)18(20)12-16/h2-7,12H,8-11,13H2,1H3. The molecule has 0 saturated carbocycles. The summed E-state index contributed by atoms with van der Waals surface area (Å²) in [6, 6.07) is 14.5. The molecule has 22 heavy (non-hydrogen) atoms. The van der Waals surface area contributed by atoms with E-state index in [9.17, 15) is 0 Å². The number of rotatable bonds is 3. The average molecular weight is 335 g/mol. The molecular formula is C18H20Cl2N2. The molecule has 2 nitrogen and oxygen atoms in total. The van der Waals surface area contributed by atoms with Crippen molar-refractivity contribution in [1.82, 2.24) is 4.90 Å². The largest absolute Gasteiger partial charge is 0.369 e. The lowest BCUT2D eigenvalue weighted by atomic mass is 10.1. The molecule has 1 fully saturated rings. The van der Waals surface area contributed by atoms with E-state index in [0.29, 0.717) is 10.0 Å². The van der Waals surface area contributed by atoms with Gasteiger partial charge in [-0.2, -0.15) is 0 Å². The second-order valence-electron chi connectivity index (χ2n) is 5.79. The third-order valence-corrected chi connectivity index (χ3v) is 5.03. The Morgan fingerprint density at radius 2 is 1.64 bits per heavy atom. The first-order valence-corrected chi connectivity index (χ1v) is 8.36. The molecule has 0 aromatic heterocycles. The molecule has 0 unspecified atom stereocenters. The van der Waals surface area contributed by atoms with Crippen molar-refractivity contribution in [3.8, 4) is 0 Å². The van der Waals surface area contributed by atoms with Crippen molar-refractivity contribution in [2.75, 3.05) is 31.1 Å². The zero-order chi connectivity index (χ0) is 15.5. The molecule has 2 aromatic rings. The van der Waals surface area contributed by atoms with Crippen molar-refractivity contribution >= 4 is 28.9 Å². The Labute approximate surface area is 142 Å². The zero-order valence-electron chi connectivity index (χ0n) is 12.7. The Bertz CT molecular complexity index is 649. The number of halogens is 2. The number of nitrogens with zero attached hydrogens (tertiary/aromatic N) is 2. The first-order chi connectivity index (χ1) is 10.6. The van der Waals surface area contributed by atoms with E-state index >= 15 is 0 Å². The van der Waals surface area contributed by atoms with Crippen LogP contribution in [0.25, 0.3) is 0 Å². The van der Waals surface area contributed by atoms with Crippen LogP contribution in [0.1, 0.15) is 11.1 Å². The van der Waals surface area contributed by atoms with Gasteiger partial charge in [0.1, 0.15) is 0 Å². The van der Waals surface area contributed by atoms with Crippen LogP contribution in [-0.4, -0.2) is 31.1 Å². The second kappa shape index (κ2) is 6.91. The topological polar surface area (TPSA) is 6.48 Å². The Hall–Kier alpha value is -1.22. The van der Waals surface area contributed by atoms with Crippen LogP contribution in [0.3, 0.4) is 0 Å². The fraction of sp³-hybridized carbons (Fsp3) is 0.333. The molecule has 0 bridgehead atoms. The molecule has 0 atom stereocenters. The third-order valence-electron chi connectivity index (χ3n) is 4.30. The van der Waals surface area contributed by atoms with Gasteiger partial charge in [-0.3, -0.25) is 4.90 Å². The summed E-state index contributed by atoms with van der Waals surface area (Å²) in [4.78, 5) is 4.88. The summed E-state index contributed by atoms with van der Waals surface area (Å²) in [5, 5.41) is 1.24. The summed E-state index contributed by atoms with van der Waals surface area (Å²) < 4.78 is 0. The highest BCUT2D eigenvalue weighted by Gasteiger charge is 2.18. The van der Waals surface area contributed by atoms with E-state index in [1.54, 1.807) is 0 Å². The van der Waals surface area contributed by atoms with Crippen LogP contribution in [0.4, 0.5) is 5.69 Å². The van der Waals surface area contributed by atoms with Crippen LogP contribution < -0.4 is 4.90 Å². The van der Waals surface area contributed by atoms with Crippen LogP contribution >= 0.6 is 23.2 Å². The molecule has 4 heteroatoms. The summed E-state index contributed by atoms with van der Waals surface area (Å²) >= 11 is 12.1. The molecule has 0 radical (unpaired) electrons. The van der Waals surface area contributed by atoms with Crippen molar-refractivity contribution in [1.29, 1.82) is 0 Å². The van der Waals surface area contributed by atoms with Crippen molar-refractivity contribution in [2.24, 2.45) is 0 Å². The van der Waals surface area contributed by atoms with Gasteiger partial charge in [0.15, 0.2) is 0 Å². The second-order valence-corrected chi connectivity index (χ2v) is 6.60. The predicted octanol–water partition coefficient (Wildman–Crippen LogP) is 4.62. The average Bonchev–Trinajstić information content (AvgIpc) is 2.53. The van der Waals surface area contributed by atoms with Crippen molar-refractivity contribution in [3.05, 3.63) is 63.6 Å². The number of aryl methyl sites for hydroxylation is 1. The van der Waals surface area contributed by atoms with Crippen LogP contribution in [0, 0.1) is 6.92 Å². The van der Waals surface area contributed by atoms with Crippen LogP contribution in [0.5, 0.6) is 0 Å². The summed E-state index contributed by atoms with van der Waals surface area (Å²) in [5.41, 5.74) is 3.95. The van der Waals surface area contributed by atoms with E-state index in [4.69, 9.17) is 23.2 Å². The number of benzene rings is 2. The maximum absolute atomic E-state index is 6.12. The van der Waals surface area contributed by atoms with Gasteiger partial charge in [-0.1, -0.05) is 47.5 Å². The number of anilines is 1. The molecule has 1 aliphatic rings. The molecule has 0 N–H and O–H groups in total. The Morgan fingerprint density at radius 1 is 0.909 bits per heavy atom. The highest BCUT2D eigenvalue weighted by Crippen LogP contribution is 2.28. The van der Waals surface area contributed by atoms with Gasteiger partial charge in [-0.05, 0) is 36.2 Å². The molecule has 116 valence electrons. The van der Waals surface area contributed by atoms with Crippen molar-refractivity contribution in [2.45, 2.75) is 13.5 Å². The molecule has 1 saturated heterocycles. The highest BCUT2D eigenvalue weighted by molar-refractivity contribution is 6.42. The van der Waals surface area contributed by atoms with Crippen LogP contribution in [0.2, 0.25) is 10.0 Å². The fourth-order valence-electron chi connectivity index (χ4n) is 2.87. The summed E-state index contributed by atoms with van der Waals surface area (Å²) in [6.45, 7) is 7.38. The minimum atomic E-state index is 0.614. The van der Waals surface area contributed by atoms with Gasteiger partial charge in [-0.25, -0.2) is 0 Å². The monoisotopic (exact) mass is 334 g/mol. The van der Waals surface area contributed by atoms with Crippen LogP contribution in [-0.2, 0) is 6.54 Å². The number of hydrogen-bond donors (Lipinski definition) is 0. The van der Waals surface area contributed by atoms with Crippen LogP contribution in [0.15, 0.2) is 42.5 Å². The number of hydrogen-bond acceptors (Lipinski definition) is 2. The minimum Gasteiger partial charge on any atom is -0.369 e. The molecule has 0 spiro atoms. The van der Waals surface area contributed by atoms with Gasteiger partial charge in [0.25, 0.3) is 0 Å². The first kappa shape index (κ1) is 15.7. The Balaban J connectivity index is 1.60. The fourth-order valence-corrected chi connectivity index (χ4v) is 3.17. The summed E-state index contributed by atoms with van der Waals surface area (Å²) in [5.74, 6) is 0. The Kier molecular flexibility index (Phi) is 4.92. The molecule has 0 aliphatic carbocycles. The SMILES string of the molecule is Cc1ccccc1CN1CCN(c2ccc(Cl)c(Cl)c2)CC1. The van der Waals surface area contributed by atoms with Gasteiger partial charge < -0.3 is 4.90 Å². The maximum Gasteiger partial charge on any atom is 0.0612 e. The van der Waals surface area contributed by atoms with Crippen molar-refractivity contribution in [3.63, 3.8) is 0 Å². The zero-order valence-corrected chi connectivity index (χ0v) is 14.2. The highest BCUT2D eigenvalue weighted by atomic mass is 35.5. The quantitative estimate of drug-likeness (QED) is 0.807. The molecule has 1 aliphatic heterocycles. The predicted molar refractivity (Wildman–Crippen MR) is 95.1 cm³/mol. The minimum absolute atomic E-state index is 0.614. The molecule has 0 amide bonds. The van der Waals surface area contributed by atoms with E-state index < -0.39 is 0 Å². The van der Waals surface area contributed by atoms with E-state index in [1.807, 2.05) is 18.2 Å². The van der Waals surface area contributed by atoms with E-state index in [0.717, 1.165) is 38.4 Å². The summed E-state index contributed by atoms with van der Waals surface area (Å²) in [7, 11) is 0. The van der Waals surface area contributed by atoms with Gasteiger partial charge >= 0.3 is 0 Å². The molecule has 2 aromatic carbocycles. The first-order valence-electron chi connectivity index (χ1n) is 7.60. The Morgan fingerprint density at radius 3 is 2.32 bits per heavy atom. The van der Waals surface area contributed by atoms with E-state index in [1.165, 1.54) is 11.1 Å². The lowest BCUT2D eigenvalue weighted by molar-refractivity contribution is 0.249. The molecule has 1 heterocycles. The van der Waals surface area contributed by atoms with E-state index in [2.05, 4.69) is 41.0 Å². The smallest absolute Gasteiger partial charge is 0.0612 e.